The Bertz CT molecular complexity index is 910. The van der Waals surface area contributed by atoms with Crippen LogP contribution in [0.15, 0.2) is 53.4 Å². The van der Waals surface area contributed by atoms with E-state index in [9.17, 15) is 17.6 Å². The largest absolute Gasteiger partial charge is 0.457 e. The van der Waals surface area contributed by atoms with Crippen LogP contribution >= 0.6 is 0 Å². The second kappa shape index (κ2) is 9.60. The van der Waals surface area contributed by atoms with E-state index in [1.807, 2.05) is 0 Å². The summed E-state index contributed by atoms with van der Waals surface area (Å²) in [7, 11) is -4.46. The molecule has 28 heavy (non-hydrogen) atoms. The lowest BCUT2D eigenvalue weighted by Gasteiger charge is -2.19. The van der Waals surface area contributed by atoms with Gasteiger partial charge in [-0.3, -0.25) is 10.0 Å². The summed E-state index contributed by atoms with van der Waals surface area (Å²) >= 11 is 0. The predicted octanol–water partition coefficient (Wildman–Crippen LogP) is 1.98. The van der Waals surface area contributed by atoms with Crippen LogP contribution in [-0.2, 0) is 14.8 Å². The maximum absolute atomic E-state index is 12.9. The summed E-state index contributed by atoms with van der Waals surface area (Å²) in [6.45, 7) is 0.421. The van der Waals surface area contributed by atoms with Gasteiger partial charge in [0.2, 0.25) is 1.43 Å². The van der Waals surface area contributed by atoms with E-state index in [4.69, 9.17) is 17.6 Å². The highest BCUT2D eigenvalue weighted by molar-refractivity contribution is 7.89. The fraction of sp³-hybridized carbons (Fsp3) is 0.278. The molecule has 2 aromatic carbocycles. The Morgan fingerprint density at radius 3 is 2.25 bits per heavy atom. The molecule has 0 aliphatic rings. The number of rotatable bonds is 10. The van der Waals surface area contributed by atoms with Gasteiger partial charge in [0.05, 0.1) is 10.9 Å². The van der Waals surface area contributed by atoms with Crippen LogP contribution in [0.2, 0.25) is 1.43 Å². The molecule has 0 saturated carbocycles. The first-order valence-electron chi connectivity index (χ1n) is 8.92. The van der Waals surface area contributed by atoms with Crippen molar-refractivity contribution in [1.82, 2.24) is 4.47 Å². The molecule has 2 rings (SSSR count). The number of hydroxylamine groups is 1. The third-order valence-corrected chi connectivity index (χ3v) is 5.34. The summed E-state index contributed by atoms with van der Waals surface area (Å²) in [4.78, 5) is 12.0. The molecule has 0 saturated heterocycles. The Balaban J connectivity index is 2.13. The molecule has 0 aromatic heterocycles. The van der Waals surface area contributed by atoms with Crippen molar-refractivity contribution in [3.05, 3.63) is 54.3 Å². The maximum Gasteiger partial charge on any atom is 0.289 e. The van der Waals surface area contributed by atoms with Gasteiger partial charge in [-0.2, -0.15) is 8.42 Å². The summed E-state index contributed by atoms with van der Waals surface area (Å²) in [6.07, 6.45) is 1.37. The average Bonchev–Trinajstić information content (AvgIpc) is 2.70. The van der Waals surface area contributed by atoms with Crippen molar-refractivity contribution in [2.45, 2.75) is 30.2 Å². The number of carbonyl (C=O) groups excluding carboxylic acids is 1. The number of nitrogens with two attached hydrogens (primary N) is 2. The normalized spacial score (nSPS) is 12.9. The molecular formula is C18H22FN3O5S. The molecule has 5 N–H and O–H groups in total. The van der Waals surface area contributed by atoms with E-state index >= 15 is 0 Å². The van der Waals surface area contributed by atoms with Crippen LogP contribution in [0.5, 0.6) is 11.5 Å². The molecule has 0 spiro atoms. The molecule has 0 aliphatic carbocycles. The summed E-state index contributed by atoms with van der Waals surface area (Å²) in [5, 5.41) is 4.07. The molecule has 8 nitrogen and oxygen atoms in total. The van der Waals surface area contributed by atoms with Gasteiger partial charge in [0.25, 0.3) is 15.9 Å². The summed E-state index contributed by atoms with van der Waals surface area (Å²) < 4.78 is 50.7. The highest BCUT2D eigenvalue weighted by Crippen LogP contribution is 2.24. The summed E-state index contributed by atoms with van der Waals surface area (Å²) in [5.74, 6) is -0.820. The number of amides is 1. The molecule has 0 fully saturated rings. The number of benzene rings is 2. The van der Waals surface area contributed by atoms with E-state index in [-0.39, 0.29) is 15.8 Å². The SMILES string of the molecule is [2H]ON(C(=O)[C@@H](N)CCCCN)S(=O)(=O)c1ccc(Oc2ccc(F)cc2)cc1. The number of nitrogens with zero attached hydrogens (tertiary/aromatic N) is 1. The Morgan fingerprint density at radius 2 is 1.71 bits per heavy atom. The van der Waals surface area contributed by atoms with Crippen molar-refractivity contribution < 1.29 is 29.0 Å². The zero-order valence-corrected chi connectivity index (χ0v) is 15.8. The Hall–Kier alpha value is -2.53. The van der Waals surface area contributed by atoms with Gasteiger partial charge in [0, 0.05) is 0 Å². The highest BCUT2D eigenvalue weighted by atomic mass is 32.2. The van der Waals surface area contributed by atoms with Crippen molar-refractivity contribution in [2.24, 2.45) is 11.5 Å². The van der Waals surface area contributed by atoms with Crippen LogP contribution in [0.25, 0.3) is 0 Å². The van der Waals surface area contributed by atoms with Gasteiger partial charge in [-0.05, 0) is 67.9 Å². The topological polar surface area (TPSA) is 136 Å². The molecule has 0 aliphatic heterocycles. The number of hydrogen-bond donors (Lipinski definition) is 3. The van der Waals surface area contributed by atoms with Gasteiger partial charge < -0.3 is 16.2 Å². The third kappa shape index (κ3) is 5.49. The first-order chi connectivity index (χ1) is 13.8. The first-order valence-corrected chi connectivity index (χ1v) is 9.95. The Labute approximate surface area is 164 Å². The van der Waals surface area contributed by atoms with Crippen LogP contribution in [0.4, 0.5) is 4.39 Å². The molecule has 0 unspecified atom stereocenters. The van der Waals surface area contributed by atoms with Crippen LogP contribution in [0.1, 0.15) is 19.3 Å². The van der Waals surface area contributed by atoms with Crippen LogP contribution in [0, 0.1) is 5.82 Å². The first kappa shape index (κ1) is 20.2. The lowest BCUT2D eigenvalue weighted by atomic mass is 10.1. The standard InChI is InChI=1S/C18H22FN3O5S/c19-13-4-6-14(7-5-13)27-15-8-10-16(11-9-15)28(25,26)22(24)18(23)17(21)3-1-2-12-20/h4-11,17,24H,1-3,12,20-21H2/t17-/m0/s1/i24D. The zero-order valence-electron chi connectivity index (χ0n) is 16.0. The van der Waals surface area contributed by atoms with Crippen molar-refractivity contribution in [3.63, 3.8) is 0 Å². The second-order valence-electron chi connectivity index (χ2n) is 5.99. The fourth-order valence-corrected chi connectivity index (χ4v) is 3.34. The van der Waals surface area contributed by atoms with Gasteiger partial charge in [0.1, 0.15) is 17.3 Å². The number of hydrogen-bond acceptors (Lipinski definition) is 7. The molecule has 2 aromatic rings. The van der Waals surface area contributed by atoms with E-state index in [2.05, 4.69) is 5.21 Å². The predicted molar refractivity (Wildman–Crippen MR) is 99.6 cm³/mol. The minimum absolute atomic E-state index is 0.0457. The number of halogens is 1. The third-order valence-electron chi connectivity index (χ3n) is 3.86. The molecule has 0 heterocycles. The van der Waals surface area contributed by atoms with E-state index in [0.29, 0.717) is 30.9 Å². The maximum atomic E-state index is 12.9. The second-order valence-corrected chi connectivity index (χ2v) is 7.74. The van der Waals surface area contributed by atoms with E-state index in [1.54, 1.807) is 0 Å². The summed E-state index contributed by atoms with van der Waals surface area (Å²) in [5.41, 5.74) is 11.1. The Kier molecular flexibility index (Phi) is 6.93. The van der Waals surface area contributed by atoms with Gasteiger partial charge in [-0.15, -0.1) is 4.47 Å². The van der Waals surface area contributed by atoms with Crippen molar-refractivity contribution in [1.29, 1.82) is 0 Å². The van der Waals surface area contributed by atoms with Crippen LogP contribution in [0.3, 0.4) is 0 Å². The molecule has 0 bridgehead atoms. The molecule has 10 heteroatoms. The molecule has 152 valence electrons. The van der Waals surface area contributed by atoms with Crippen molar-refractivity contribution in [2.75, 3.05) is 6.54 Å². The number of sulfonamides is 1. The highest BCUT2D eigenvalue weighted by Gasteiger charge is 2.31. The van der Waals surface area contributed by atoms with Gasteiger partial charge in [0.15, 0.2) is 0 Å². The van der Waals surface area contributed by atoms with Crippen LogP contribution in [-0.4, -0.2) is 36.6 Å². The molecule has 1 amide bonds. The lowest BCUT2D eigenvalue weighted by Crippen LogP contribution is -2.44. The van der Waals surface area contributed by atoms with E-state index in [1.165, 1.54) is 48.5 Å². The number of ether oxygens (including phenoxy) is 1. The van der Waals surface area contributed by atoms with Gasteiger partial charge >= 0.3 is 0 Å². The van der Waals surface area contributed by atoms with E-state index < -0.39 is 27.8 Å². The Morgan fingerprint density at radius 1 is 1.14 bits per heavy atom. The molecule has 1 atom stereocenters. The van der Waals surface area contributed by atoms with Crippen molar-refractivity contribution in [3.8, 4) is 11.5 Å². The monoisotopic (exact) mass is 412 g/mol. The van der Waals surface area contributed by atoms with Gasteiger partial charge in [-0.25, -0.2) is 4.39 Å². The van der Waals surface area contributed by atoms with Gasteiger partial charge in [-0.1, -0.05) is 6.42 Å². The van der Waals surface area contributed by atoms with Crippen molar-refractivity contribution >= 4 is 15.9 Å². The fourth-order valence-electron chi connectivity index (χ4n) is 2.30. The lowest BCUT2D eigenvalue weighted by molar-refractivity contribution is -0.147. The zero-order chi connectivity index (χ0) is 21.4. The number of carbonyl (C=O) groups is 1. The molecule has 0 radical (unpaired) electrons. The van der Waals surface area contributed by atoms with E-state index in [0.717, 1.165) is 0 Å². The quantitative estimate of drug-likeness (QED) is 0.308. The smallest absolute Gasteiger partial charge is 0.289 e. The molecular weight excluding hydrogens is 389 g/mol. The summed E-state index contributed by atoms with van der Waals surface area (Å²) in [6, 6.07) is 9.21. The minimum atomic E-state index is -4.46. The average molecular weight is 412 g/mol. The minimum Gasteiger partial charge on any atom is -0.457 e. The number of unbranched alkanes of at least 4 members (excludes halogenated alkanes) is 1. The van der Waals surface area contributed by atoms with Crippen LogP contribution < -0.4 is 16.2 Å².